The van der Waals surface area contributed by atoms with Crippen LogP contribution in [-0.4, -0.2) is 42.8 Å². The Hall–Kier alpha value is -0.190. The zero-order valence-corrected chi connectivity index (χ0v) is 5.79. The number of hydrogen-bond donors (Lipinski definition) is 2. The molecule has 0 saturated carbocycles. The van der Waals surface area contributed by atoms with Gasteiger partial charge in [-0.05, 0) is 6.42 Å². The zero-order valence-electron chi connectivity index (χ0n) is 5.79. The maximum Gasteiger partial charge on any atom is 0.100 e. The minimum Gasteiger partial charge on any atom is -0.394 e. The lowest BCUT2D eigenvalue weighted by molar-refractivity contribution is 0.00467. The molecule has 0 aromatic heterocycles. The molecule has 10 heavy (non-hydrogen) atoms. The molecule has 0 rings (SSSR count). The molecule has 0 saturated heterocycles. The highest BCUT2D eigenvalue weighted by atomic mass is 19.1. The molecule has 0 aromatic rings. The van der Waals surface area contributed by atoms with Crippen LogP contribution in [0.15, 0.2) is 0 Å². The normalized spacial score (nSPS) is 13.5. The third-order valence-electron chi connectivity index (χ3n) is 0.943. The largest absolute Gasteiger partial charge is 0.394 e. The first-order valence-electron chi connectivity index (χ1n) is 3.24. The summed E-state index contributed by atoms with van der Waals surface area (Å²) in [5, 5.41) is 17.0. The lowest BCUT2D eigenvalue weighted by Crippen LogP contribution is -2.19. The van der Waals surface area contributed by atoms with Gasteiger partial charge < -0.3 is 14.9 Å². The first-order chi connectivity index (χ1) is 4.81. The third kappa shape index (κ3) is 5.94. The maximum absolute atomic E-state index is 11.4. The molecule has 0 bridgehead atoms. The molecule has 0 amide bonds. The maximum atomic E-state index is 11.4. The Morgan fingerprint density at radius 3 is 2.70 bits per heavy atom. The summed E-state index contributed by atoms with van der Waals surface area (Å²) in [7, 11) is 0. The van der Waals surface area contributed by atoms with Gasteiger partial charge in [0.25, 0.3) is 0 Å². The number of aliphatic hydroxyl groups excluding tert-OH is 2. The van der Waals surface area contributed by atoms with Gasteiger partial charge in [-0.1, -0.05) is 0 Å². The van der Waals surface area contributed by atoms with Gasteiger partial charge in [0.05, 0.1) is 19.9 Å². The quantitative estimate of drug-likeness (QED) is 0.514. The van der Waals surface area contributed by atoms with E-state index in [2.05, 4.69) is 0 Å². The van der Waals surface area contributed by atoms with Crippen LogP contribution in [0.5, 0.6) is 0 Å². The van der Waals surface area contributed by atoms with Crippen LogP contribution in [0.3, 0.4) is 0 Å². The minimum absolute atomic E-state index is 0.0799. The molecule has 0 spiro atoms. The Morgan fingerprint density at radius 2 is 2.20 bits per heavy atom. The van der Waals surface area contributed by atoms with Gasteiger partial charge in [0.1, 0.15) is 6.10 Å². The molecule has 0 heterocycles. The van der Waals surface area contributed by atoms with Crippen molar-refractivity contribution < 1.29 is 19.3 Å². The molecule has 0 aliphatic carbocycles. The van der Waals surface area contributed by atoms with Crippen molar-refractivity contribution >= 4 is 0 Å². The molecule has 0 aliphatic heterocycles. The lowest BCUT2D eigenvalue weighted by Gasteiger charge is -2.06. The van der Waals surface area contributed by atoms with Crippen molar-refractivity contribution in [2.75, 3.05) is 26.5 Å². The van der Waals surface area contributed by atoms with E-state index in [-0.39, 0.29) is 13.2 Å². The Labute approximate surface area is 59.4 Å². The fourth-order valence-corrected chi connectivity index (χ4v) is 0.429. The van der Waals surface area contributed by atoms with Crippen molar-refractivity contribution in [1.82, 2.24) is 0 Å². The Balaban J connectivity index is 2.89. The van der Waals surface area contributed by atoms with Crippen LogP contribution in [0.25, 0.3) is 0 Å². The summed E-state index contributed by atoms with van der Waals surface area (Å²) in [6.45, 7) is -0.338. The van der Waals surface area contributed by atoms with Gasteiger partial charge in [0.2, 0.25) is 0 Å². The average Bonchev–Trinajstić information content (AvgIpc) is 1.98. The van der Waals surface area contributed by atoms with E-state index in [4.69, 9.17) is 14.9 Å². The molecular weight excluding hydrogens is 139 g/mol. The third-order valence-corrected chi connectivity index (χ3v) is 0.943. The van der Waals surface area contributed by atoms with E-state index in [0.29, 0.717) is 13.0 Å². The number of rotatable bonds is 6. The van der Waals surface area contributed by atoms with E-state index in [9.17, 15) is 4.39 Å². The Bertz CT molecular complexity index is 70.0. The second-order valence-corrected chi connectivity index (χ2v) is 1.95. The first-order valence-corrected chi connectivity index (χ1v) is 3.24. The fourth-order valence-electron chi connectivity index (χ4n) is 0.429. The van der Waals surface area contributed by atoms with Gasteiger partial charge in [-0.15, -0.1) is 0 Å². The Morgan fingerprint density at radius 1 is 1.50 bits per heavy atom. The van der Waals surface area contributed by atoms with E-state index in [0.717, 1.165) is 0 Å². The summed E-state index contributed by atoms with van der Waals surface area (Å²) >= 11 is 0. The smallest absolute Gasteiger partial charge is 0.100 e. The summed E-state index contributed by atoms with van der Waals surface area (Å²) in [6, 6.07) is 0. The summed E-state index contributed by atoms with van der Waals surface area (Å²) in [6.07, 6.45) is -0.488. The van der Waals surface area contributed by atoms with Crippen molar-refractivity contribution in [3.05, 3.63) is 0 Å². The van der Waals surface area contributed by atoms with E-state index in [1.807, 2.05) is 0 Å². The fraction of sp³-hybridized carbons (Fsp3) is 1.00. The van der Waals surface area contributed by atoms with Gasteiger partial charge >= 0.3 is 0 Å². The number of halogens is 1. The number of alkyl halides is 1. The van der Waals surface area contributed by atoms with Crippen LogP contribution in [0.4, 0.5) is 4.39 Å². The summed E-state index contributed by atoms with van der Waals surface area (Å²) in [4.78, 5) is 0. The van der Waals surface area contributed by atoms with Crippen molar-refractivity contribution in [3.63, 3.8) is 0 Å². The summed E-state index contributed by atoms with van der Waals surface area (Å²) in [5.74, 6) is 0. The number of ether oxygens (including phenoxy) is 1. The highest BCUT2D eigenvalue weighted by Gasteiger charge is 1.99. The van der Waals surface area contributed by atoms with E-state index >= 15 is 0 Å². The van der Waals surface area contributed by atoms with Gasteiger partial charge in [-0.3, -0.25) is 4.39 Å². The molecule has 4 heteroatoms. The molecule has 2 N–H and O–H groups in total. The second kappa shape index (κ2) is 6.92. The second-order valence-electron chi connectivity index (χ2n) is 1.95. The summed E-state index contributed by atoms with van der Waals surface area (Å²) < 4.78 is 16.2. The van der Waals surface area contributed by atoms with E-state index in [1.165, 1.54) is 0 Å². The van der Waals surface area contributed by atoms with E-state index in [1.54, 1.807) is 0 Å². The van der Waals surface area contributed by atoms with Gasteiger partial charge in [-0.25, -0.2) is 0 Å². The standard InChI is InChI=1S/C6H13FO3/c7-2-1-3-10-5-6(9)4-8/h6,8-9H,1-5H2/t6-/m0/s1. The van der Waals surface area contributed by atoms with Crippen LogP contribution in [0, 0.1) is 0 Å². The number of hydrogen-bond acceptors (Lipinski definition) is 3. The van der Waals surface area contributed by atoms with Crippen LogP contribution in [0.1, 0.15) is 6.42 Å². The molecular formula is C6H13FO3. The molecule has 0 aromatic carbocycles. The van der Waals surface area contributed by atoms with Crippen LogP contribution in [0.2, 0.25) is 0 Å². The topological polar surface area (TPSA) is 49.7 Å². The van der Waals surface area contributed by atoms with Gasteiger partial charge in [0, 0.05) is 6.61 Å². The Kier molecular flexibility index (Phi) is 6.79. The van der Waals surface area contributed by atoms with Gasteiger partial charge in [0.15, 0.2) is 0 Å². The summed E-state index contributed by atoms with van der Waals surface area (Å²) in [5.41, 5.74) is 0. The molecule has 1 atom stereocenters. The SMILES string of the molecule is OC[C@H](O)COCCCF. The molecule has 0 unspecified atom stereocenters. The monoisotopic (exact) mass is 152 g/mol. The van der Waals surface area contributed by atoms with Crippen LogP contribution in [-0.2, 0) is 4.74 Å². The van der Waals surface area contributed by atoms with Crippen molar-refractivity contribution in [2.24, 2.45) is 0 Å². The highest BCUT2D eigenvalue weighted by Crippen LogP contribution is 1.86. The molecule has 62 valence electrons. The minimum atomic E-state index is -0.834. The number of aliphatic hydroxyl groups is 2. The van der Waals surface area contributed by atoms with Crippen molar-refractivity contribution in [1.29, 1.82) is 0 Å². The van der Waals surface area contributed by atoms with Crippen LogP contribution >= 0.6 is 0 Å². The predicted octanol–water partition coefficient (Wildman–Crippen LogP) is -0.284. The lowest BCUT2D eigenvalue weighted by atomic mass is 10.4. The first kappa shape index (κ1) is 9.81. The predicted molar refractivity (Wildman–Crippen MR) is 34.5 cm³/mol. The van der Waals surface area contributed by atoms with Crippen molar-refractivity contribution in [3.8, 4) is 0 Å². The molecule has 0 radical (unpaired) electrons. The average molecular weight is 152 g/mol. The zero-order chi connectivity index (χ0) is 7.82. The highest BCUT2D eigenvalue weighted by molar-refractivity contribution is 4.48. The molecule has 0 aliphatic rings. The molecule has 3 nitrogen and oxygen atoms in total. The van der Waals surface area contributed by atoms with Crippen molar-refractivity contribution in [2.45, 2.75) is 12.5 Å². The van der Waals surface area contributed by atoms with Crippen LogP contribution < -0.4 is 0 Å². The van der Waals surface area contributed by atoms with E-state index < -0.39 is 12.8 Å². The molecule has 0 fully saturated rings. The van der Waals surface area contributed by atoms with Gasteiger partial charge in [-0.2, -0.15) is 0 Å².